The Kier molecular flexibility index (Phi) is 7.26. The van der Waals surface area contributed by atoms with E-state index >= 15 is 0 Å². The third kappa shape index (κ3) is 6.14. The summed E-state index contributed by atoms with van der Waals surface area (Å²) >= 11 is 1.38. The molecular formula is C18H16BN3O8S2. The molecule has 0 bridgehead atoms. The number of nitrogens with one attached hydrogen (secondary N) is 1. The Hall–Kier alpha value is -3.25. The van der Waals surface area contributed by atoms with E-state index in [2.05, 4.69) is 16.6 Å². The highest BCUT2D eigenvalue weighted by Crippen LogP contribution is 2.17. The SMILES string of the molecule is CN1CC(=O)OB(C(C#Cc2ccsc2)NS(=O)(=O)c2ccc([N+](=O)[O-])cc2)OC(=O)C1. The average Bonchev–Trinajstić information content (AvgIpc) is 3.23. The lowest BCUT2D eigenvalue weighted by atomic mass is 9.78. The number of non-ortho nitro benzene ring substituents is 1. The van der Waals surface area contributed by atoms with Gasteiger partial charge in [-0.2, -0.15) is 16.1 Å². The zero-order valence-corrected chi connectivity index (χ0v) is 18.2. The fraction of sp³-hybridized carbons (Fsp3) is 0.222. The Morgan fingerprint density at radius 3 is 2.34 bits per heavy atom. The summed E-state index contributed by atoms with van der Waals surface area (Å²) in [4.78, 5) is 35.4. The molecule has 166 valence electrons. The fourth-order valence-corrected chi connectivity index (χ4v) is 4.35. The van der Waals surface area contributed by atoms with Crippen LogP contribution in [0.2, 0.25) is 0 Å². The lowest BCUT2D eigenvalue weighted by molar-refractivity contribution is -0.384. The van der Waals surface area contributed by atoms with Crippen LogP contribution >= 0.6 is 11.3 Å². The lowest BCUT2D eigenvalue weighted by Gasteiger charge is -2.25. The van der Waals surface area contributed by atoms with Gasteiger partial charge in [-0.25, -0.2) is 8.42 Å². The molecule has 1 atom stereocenters. The van der Waals surface area contributed by atoms with Gasteiger partial charge in [-0.1, -0.05) is 11.8 Å². The molecule has 1 N–H and O–H groups in total. The van der Waals surface area contributed by atoms with Crippen molar-refractivity contribution in [2.24, 2.45) is 0 Å². The van der Waals surface area contributed by atoms with Gasteiger partial charge in [0.2, 0.25) is 10.0 Å². The quantitative estimate of drug-likeness (QED) is 0.280. The minimum Gasteiger partial charge on any atom is -0.497 e. The van der Waals surface area contributed by atoms with Crippen molar-refractivity contribution in [2.75, 3.05) is 20.1 Å². The van der Waals surface area contributed by atoms with Crippen LogP contribution < -0.4 is 4.72 Å². The standard InChI is InChI=1S/C18H16BN3O8S2/c1-21-10-17(23)29-19(30-18(24)11-21)16(7-2-13-8-9-31-12-13)20-32(27,28)15-5-3-14(4-6-15)22(25)26/h3-6,8-9,12,16,20H,10-11H2,1H3. The van der Waals surface area contributed by atoms with Crippen molar-refractivity contribution in [3.63, 3.8) is 0 Å². The van der Waals surface area contributed by atoms with Crippen LogP contribution in [-0.4, -0.2) is 63.4 Å². The third-order valence-electron chi connectivity index (χ3n) is 4.10. The number of nitro benzene ring substituents is 1. The fourth-order valence-electron chi connectivity index (χ4n) is 2.62. The second kappa shape index (κ2) is 9.92. The minimum absolute atomic E-state index is 0.203. The smallest absolute Gasteiger partial charge is 0.497 e. The van der Waals surface area contributed by atoms with E-state index in [1.54, 1.807) is 16.8 Å². The second-order valence-electron chi connectivity index (χ2n) is 6.65. The zero-order chi connectivity index (χ0) is 23.3. The number of rotatable bonds is 5. The number of sulfonamides is 1. The largest absolute Gasteiger partial charge is 0.631 e. The Morgan fingerprint density at radius 2 is 1.81 bits per heavy atom. The van der Waals surface area contributed by atoms with Crippen LogP contribution in [0.4, 0.5) is 5.69 Å². The lowest BCUT2D eigenvalue weighted by Crippen LogP contribution is -2.53. The maximum Gasteiger partial charge on any atom is 0.631 e. The van der Waals surface area contributed by atoms with Crippen LogP contribution in [0.25, 0.3) is 0 Å². The molecule has 0 saturated carbocycles. The molecule has 1 fully saturated rings. The van der Waals surface area contributed by atoms with Gasteiger partial charge in [0.15, 0.2) is 0 Å². The second-order valence-corrected chi connectivity index (χ2v) is 9.15. The van der Waals surface area contributed by atoms with Gasteiger partial charge in [0.1, 0.15) is 5.94 Å². The van der Waals surface area contributed by atoms with Gasteiger partial charge in [0.05, 0.1) is 22.9 Å². The number of nitro groups is 1. The number of carbonyl (C=O) groups excluding carboxylic acids is 2. The van der Waals surface area contributed by atoms with Gasteiger partial charge in [0, 0.05) is 23.1 Å². The van der Waals surface area contributed by atoms with Crippen LogP contribution in [0.3, 0.4) is 0 Å². The minimum atomic E-state index is -4.27. The number of hydrogen-bond acceptors (Lipinski definition) is 10. The topological polar surface area (TPSA) is 145 Å². The molecule has 1 aromatic heterocycles. The van der Waals surface area contributed by atoms with Gasteiger partial charge in [-0.3, -0.25) is 24.6 Å². The number of carbonyl (C=O) groups is 2. The van der Waals surface area contributed by atoms with E-state index in [1.165, 1.54) is 23.3 Å². The predicted octanol–water partition coefficient (Wildman–Crippen LogP) is 0.414. The summed E-state index contributed by atoms with van der Waals surface area (Å²) in [7, 11) is -4.39. The first-order valence-electron chi connectivity index (χ1n) is 9.02. The molecule has 0 aliphatic carbocycles. The van der Waals surface area contributed by atoms with Crippen molar-refractivity contribution in [3.8, 4) is 11.8 Å². The van der Waals surface area contributed by atoms with Crippen molar-refractivity contribution < 1.29 is 32.2 Å². The maximum absolute atomic E-state index is 12.9. The molecule has 1 aliphatic rings. The van der Waals surface area contributed by atoms with E-state index in [0.29, 0.717) is 5.56 Å². The summed E-state index contributed by atoms with van der Waals surface area (Å²) in [6, 6.07) is 5.87. The third-order valence-corrected chi connectivity index (χ3v) is 6.24. The van der Waals surface area contributed by atoms with Crippen molar-refractivity contribution in [2.45, 2.75) is 10.8 Å². The summed E-state index contributed by atoms with van der Waals surface area (Å²) in [5.41, 5.74) is 0.294. The van der Waals surface area contributed by atoms with Crippen molar-refractivity contribution in [1.29, 1.82) is 0 Å². The van der Waals surface area contributed by atoms with Crippen molar-refractivity contribution >= 4 is 46.1 Å². The van der Waals surface area contributed by atoms with E-state index in [-0.39, 0.29) is 23.7 Å². The van der Waals surface area contributed by atoms with E-state index in [4.69, 9.17) is 9.31 Å². The molecule has 1 unspecified atom stereocenters. The summed E-state index contributed by atoms with van der Waals surface area (Å²) in [5.74, 6) is 2.48. The summed E-state index contributed by atoms with van der Waals surface area (Å²) in [6.45, 7) is -0.406. The summed E-state index contributed by atoms with van der Waals surface area (Å²) in [5, 5.41) is 14.3. The van der Waals surface area contributed by atoms with Crippen LogP contribution in [0, 0.1) is 22.0 Å². The maximum atomic E-state index is 12.9. The van der Waals surface area contributed by atoms with Gasteiger partial charge in [0.25, 0.3) is 5.69 Å². The van der Waals surface area contributed by atoms with Gasteiger partial charge in [-0.15, -0.1) is 0 Å². The molecular weight excluding hydrogens is 461 g/mol. The molecule has 11 nitrogen and oxygen atoms in total. The molecule has 32 heavy (non-hydrogen) atoms. The first kappa shape index (κ1) is 23.4. The number of benzene rings is 1. The molecule has 3 rings (SSSR count). The molecule has 0 radical (unpaired) electrons. The van der Waals surface area contributed by atoms with Gasteiger partial charge >= 0.3 is 19.1 Å². The van der Waals surface area contributed by atoms with E-state index < -0.39 is 39.9 Å². The molecule has 1 aliphatic heterocycles. The summed E-state index contributed by atoms with van der Waals surface area (Å²) < 4.78 is 38.3. The number of hydrogen-bond donors (Lipinski definition) is 1. The van der Waals surface area contributed by atoms with E-state index in [9.17, 15) is 28.1 Å². The highest BCUT2D eigenvalue weighted by Gasteiger charge is 2.41. The molecule has 1 aromatic carbocycles. The van der Waals surface area contributed by atoms with Gasteiger partial charge in [-0.05, 0) is 30.6 Å². The molecule has 1 saturated heterocycles. The van der Waals surface area contributed by atoms with Crippen LogP contribution in [-0.2, 0) is 28.9 Å². The van der Waals surface area contributed by atoms with Crippen LogP contribution in [0.5, 0.6) is 0 Å². The van der Waals surface area contributed by atoms with Crippen LogP contribution in [0.1, 0.15) is 5.56 Å². The van der Waals surface area contributed by atoms with Crippen molar-refractivity contribution in [3.05, 3.63) is 56.8 Å². The van der Waals surface area contributed by atoms with Crippen molar-refractivity contribution in [1.82, 2.24) is 9.62 Å². The highest BCUT2D eigenvalue weighted by molar-refractivity contribution is 7.89. The summed E-state index contributed by atoms with van der Waals surface area (Å²) in [6.07, 6.45) is 0. The van der Waals surface area contributed by atoms with E-state index in [1.807, 2.05) is 0 Å². The Morgan fingerprint density at radius 1 is 1.19 bits per heavy atom. The van der Waals surface area contributed by atoms with Crippen LogP contribution in [0.15, 0.2) is 46.0 Å². The Bertz CT molecular complexity index is 1150. The van der Waals surface area contributed by atoms with E-state index in [0.717, 1.165) is 24.3 Å². The first-order chi connectivity index (χ1) is 15.1. The number of thiophene rings is 1. The normalized spacial score (nSPS) is 16.1. The molecule has 0 amide bonds. The zero-order valence-electron chi connectivity index (χ0n) is 16.6. The molecule has 2 aromatic rings. The Balaban J connectivity index is 1.92. The highest BCUT2D eigenvalue weighted by atomic mass is 32.2. The molecule has 14 heteroatoms. The first-order valence-corrected chi connectivity index (χ1v) is 11.4. The molecule has 2 heterocycles. The average molecular weight is 477 g/mol. The predicted molar refractivity (Wildman–Crippen MR) is 114 cm³/mol. The number of likely N-dealkylation sites (N-methyl/N-ethyl adjacent to an activating group) is 1. The molecule has 0 spiro atoms. The number of nitrogens with zero attached hydrogens (tertiary/aromatic N) is 2. The Labute approximate surface area is 187 Å². The van der Waals surface area contributed by atoms with Gasteiger partial charge < -0.3 is 9.31 Å². The monoisotopic (exact) mass is 477 g/mol.